The molecule has 1 saturated carbocycles. The Balaban J connectivity index is 1.13. The molecule has 5 rings (SSSR count). The zero-order valence-electron chi connectivity index (χ0n) is 21.5. The molecule has 1 aromatic carbocycles. The van der Waals surface area contributed by atoms with E-state index in [0.29, 0.717) is 44.1 Å². The minimum atomic E-state index is -0.943. The number of carbonyl (C=O) groups excluding carboxylic acids is 2. The predicted octanol–water partition coefficient (Wildman–Crippen LogP) is 0.0773. The van der Waals surface area contributed by atoms with Crippen LogP contribution < -0.4 is 22.5 Å². The minimum absolute atomic E-state index is 0.140. The smallest absolute Gasteiger partial charge is 0.338 e. The number of piperidine rings is 1. The van der Waals surface area contributed by atoms with E-state index in [4.69, 9.17) is 11.5 Å². The topological polar surface area (TPSA) is 143 Å². The molecular weight excluding hydrogens is 472 g/mol. The fourth-order valence-corrected chi connectivity index (χ4v) is 5.33. The van der Waals surface area contributed by atoms with Gasteiger partial charge in [0.1, 0.15) is 5.82 Å². The third-order valence-corrected chi connectivity index (χ3v) is 7.71. The molecule has 3 fully saturated rings. The molecule has 2 aliphatic heterocycles. The second-order valence-corrected chi connectivity index (χ2v) is 11.0. The number of nitrogens with zero attached hydrogens (tertiary/aromatic N) is 5. The number of nitrogens with two attached hydrogens (primary N) is 2. The van der Waals surface area contributed by atoms with Crippen molar-refractivity contribution in [2.45, 2.75) is 31.8 Å². The number of urea groups is 1. The van der Waals surface area contributed by atoms with Crippen LogP contribution in [0.2, 0.25) is 0 Å². The fourth-order valence-electron chi connectivity index (χ4n) is 5.33. The summed E-state index contributed by atoms with van der Waals surface area (Å²) >= 11 is 0. The van der Waals surface area contributed by atoms with Crippen LogP contribution in [0, 0.1) is 11.8 Å². The van der Waals surface area contributed by atoms with Crippen LogP contribution in [-0.2, 0) is 11.2 Å². The Kier molecular flexibility index (Phi) is 6.78. The highest BCUT2D eigenvalue weighted by Crippen LogP contribution is 2.43. The summed E-state index contributed by atoms with van der Waals surface area (Å²) in [6.45, 7) is 8.15. The summed E-state index contributed by atoms with van der Waals surface area (Å²) in [5.41, 5.74) is 12.4. The third kappa shape index (κ3) is 5.53. The van der Waals surface area contributed by atoms with Crippen molar-refractivity contribution in [3.8, 4) is 5.69 Å². The maximum Gasteiger partial charge on any atom is 0.354 e. The second kappa shape index (κ2) is 9.88. The quantitative estimate of drug-likeness (QED) is 0.501. The molecule has 0 radical (unpaired) electrons. The van der Waals surface area contributed by atoms with Gasteiger partial charge in [0.25, 0.3) is 0 Å². The Morgan fingerprint density at radius 1 is 1.03 bits per heavy atom. The van der Waals surface area contributed by atoms with E-state index in [0.717, 1.165) is 31.7 Å². The lowest BCUT2D eigenvalue weighted by atomic mass is 10.1. The third-order valence-electron chi connectivity index (χ3n) is 7.71. The highest BCUT2D eigenvalue weighted by atomic mass is 16.2. The first kappa shape index (κ1) is 25.4. The van der Waals surface area contributed by atoms with Crippen LogP contribution in [0.15, 0.2) is 41.3 Å². The van der Waals surface area contributed by atoms with Crippen molar-refractivity contribution in [1.29, 1.82) is 0 Å². The fraction of sp³-hybridized carbons (Fsp3) is 0.538. The highest BCUT2D eigenvalue weighted by molar-refractivity contribution is 5.89. The van der Waals surface area contributed by atoms with Gasteiger partial charge in [-0.1, -0.05) is 12.1 Å². The van der Waals surface area contributed by atoms with Gasteiger partial charge in [-0.3, -0.25) is 14.7 Å². The Hall–Kier alpha value is -3.28. The summed E-state index contributed by atoms with van der Waals surface area (Å²) in [5, 5.41) is 2.69. The van der Waals surface area contributed by atoms with E-state index < -0.39 is 11.2 Å². The number of nitrogens with one attached hydrogen (secondary N) is 1. The lowest BCUT2D eigenvalue weighted by Gasteiger charge is -2.37. The van der Waals surface area contributed by atoms with E-state index >= 15 is 0 Å². The molecule has 0 bridgehead atoms. The van der Waals surface area contributed by atoms with Gasteiger partial charge in [-0.05, 0) is 55.9 Å². The van der Waals surface area contributed by atoms with Gasteiger partial charge >= 0.3 is 11.7 Å². The molecule has 37 heavy (non-hydrogen) atoms. The van der Waals surface area contributed by atoms with Crippen molar-refractivity contribution in [3.05, 3.63) is 52.6 Å². The maximum atomic E-state index is 12.7. The first-order valence-corrected chi connectivity index (χ1v) is 12.9. The minimum Gasteiger partial charge on any atom is -0.338 e. The van der Waals surface area contributed by atoms with Crippen LogP contribution in [-0.4, -0.2) is 93.6 Å². The average Bonchev–Trinajstić information content (AvgIpc) is 3.25. The molecule has 3 heterocycles. The molecule has 1 aliphatic carbocycles. The molecule has 11 nitrogen and oxygen atoms in total. The van der Waals surface area contributed by atoms with E-state index in [1.165, 1.54) is 10.1 Å². The zero-order chi connectivity index (χ0) is 26.3. The molecule has 3 amide bonds. The Morgan fingerprint density at radius 3 is 2.24 bits per heavy atom. The Labute approximate surface area is 216 Å². The molecule has 2 aromatic rings. The van der Waals surface area contributed by atoms with Crippen molar-refractivity contribution in [1.82, 2.24) is 24.3 Å². The molecule has 5 N–H and O–H groups in total. The standard InChI is InChI=1S/C26H36N8O3/c1-26(2,28)23(35)32-11-13-33(14-12-32)24(36)29-21-8-10-34(25(37)30-21)18-5-3-17(4-6-18)7-9-31-15-19-20(16-31)22(19)27/h3-6,8,10,19-20,22H,7,9,11-16,27-28H2,1-2H3,(H,29,30,36,37)/t19-,20+,22-. The summed E-state index contributed by atoms with van der Waals surface area (Å²) in [6, 6.07) is 9.57. The van der Waals surface area contributed by atoms with Crippen molar-refractivity contribution >= 4 is 17.8 Å². The predicted molar refractivity (Wildman–Crippen MR) is 140 cm³/mol. The van der Waals surface area contributed by atoms with Gasteiger partial charge in [0.2, 0.25) is 5.91 Å². The van der Waals surface area contributed by atoms with Crippen LogP contribution in [0.4, 0.5) is 10.6 Å². The van der Waals surface area contributed by atoms with Crippen molar-refractivity contribution in [3.63, 3.8) is 0 Å². The number of piperazine rings is 1. The maximum absolute atomic E-state index is 12.7. The monoisotopic (exact) mass is 508 g/mol. The SMILES string of the molecule is CC(C)(N)C(=O)N1CCN(C(=O)Nc2ccn(-c3ccc(CCN4C[C@@H]5[C@H](N)[C@@H]5C4)cc3)c(=O)n2)CC1. The molecule has 3 aliphatic rings. The van der Waals surface area contributed by atoms with E-state index in [1.807, 2.05) is 24.3 Å². The first-order chi connectivity index (χ1) is 17.6. The Bertz CT molecular complexity index is 1200. The number of anilines is 1. The van der Waals surface area contributed by atoms with E-state index in [-0.39, 0.29) is 17.8 Å². The summed E-state index contributed by atoms with van der Waals surface area (Å²) in [5.74, 6) is 1.44. The number of fused-ring (bicyclic) bond motifs is 1. The van der Waals surface area contributed by atoms with Gasteiger partial charge in [-0.15, -0.1) is 0 Å². The van der Waals surface area contributed by atoms with Gasteiger partial charge in [-0.25, -0.2) is 9.59 Å². The number of carbonyl (C=O) groups is 2. The summed E-state index contributed by atoms with van der Waals surface area (Å²) in [7, 11) is 0. The molecule has 0 unspecified atom stereocenters. The van der Waals surface area contributed by atoms with Crippen molar-refractivity contribution in [2.24, 2.45) is 23.3 Å². The molecule has 0 spiro atoms. The van der Waals surface area contributed by atoms with Crippen LogP contribution in [0.3, 0.4) is 0 Å². The van der Waals surface area contributed by atoms with Gasteiger partial charge in [-0.2, -0.15) is 4.98 Å². The Morgan fingerprint density at radius 2 is 1.65 bits per heavy atom. The largest absolute Gasteiger partial charge is 0.354 e. The molecule has 198 valence electrons. The molecule has 1 aromatic heterocycles. The van der Waals surface area contributed by atoms with Crippen molar-refractivity contribution < 1.29 is 9.59 Å². The number of rotatable bonds is 6. The first-order valence-electron chi connectivity index (χ1n) is 12.9. The number of benzene rings is 1. The average molecular weight is 509 g/mol. The van der Waals surface area contributed by atoms with Crippen LogP contribution >= 0.6 is 0 Å². The number of hydrogen-bond acceptors (Lipinski definition) is 7. The number of amides is 3. The number of aromatic nitrogens is 2. The molecule has 3 atom stereocenters. The molecular formula is C26H36N8O3. The van der Waals surface area contributed by atoms with E-state index in [1.54, 1.807) is 35.9 Å². The van der Waals surface area contributed by atoms with E-state index in [2.05, 4.69) is 15.2 Å². The number of hydrogen-bond donors (Lipinski definition) is 3. The second-order valence-electron chi connectivity index (χ2n) is 11.0. The summed E-state index contributed by atoms with van der Waals surface area (Å²) in [6.07, 6.45) is 2.57. The van der Waals surface area contributed by atoms with Crippen LogP contribution in [0.1, 0.15) is 19.4 Å². The highest BCUT2D eigenvalue weighted by Gasteiger charge is 2.53. The van der Waals surface area contributed by atoms with Crippen molar-refractivity contribution in [2.75, 3.05) is 51.1 Å². The van der Waals surface area contributed by atoms with Gasteiger partial charge in [0.05, 0.1) is 11.2 Å². The van der Waals surface area contributed by atoms with Gasteiger partial charge in [0.15, 0.2) is 0 Å². The zero-order valence-corrected chi connectivity index (χ0v) is 21.5. The van der Waals surface area contributed by atoms with Crippen LogP contribution in [0.25, 0.3) is 5.69 Å². The van der Waals surface area contributed by atoms with Gasteiger partial charge in [0, 0.05) is 58.1 Å². The summed E-state index contributed by atoms with van der Waals surface area (Å²) in [4.78, 5) is 47.4. The number of likely N-dealkylation sites (tertiary alicyclic amines) is 1. The van der Waals surface area contributed by atoms with Crippen LogP contribution in [0.5, 0.6) is 0 Å². The van der Waals surface area contributed by atoms with E-state index in [9.17, 15) is 14.4 Å². The normalized spacial score (nSPS) is 23.6. The lowest BCUT2D eigenvalue weighted by Crippen LogP contribution is -2.58. The summed E-state index contributed by atoms with van der Waals surface area (Å²) < 4.78 is 1.45. The molecule has 2 saturated heterocycles. The van der Waals surface area contributed by atoms with Gasteiger partial charge < -0.3 is 26.2 Å². The molecule has 11 heteroatoms. The lowest BCUT2D eigenvalue weighted by molar-refractivity contribution is -0.137.